The highest BCUT2D eigenvalue weighted by molar-refractivity contribution is 5.92. The van der Waals surface area contributed by atoms with Crippen molar-refractivity contribution >= 4 is 5.91 Å². The molecule has 0 saturated carbocycles. The Morgan fingerprint density at radius 1 is 1.00 bits per heavy atom. The Morgan fingerprint density at radius 3 is 2.16 bits per heavy atom. The number of carbonyl (C=O) groups is 1. The van der Waals surface area contributed by atoms with Crippen LogP contribution in [-0.2, 0) is 0 Å². The maximum absolute atomic E-state index is 13.2. The minimum absolute atomic E-state index is 0.0308. The molecule has 0 saturated heterocycles. The molecule has 1 atom stereocenters. The maximum atomic E-state index is 13.2. The monoisotopic (exact) mass is 427 g/mol. The molecule has 1 aromatic heterocycles. The zero-order chi connectivity index (χ0) is 22.5. The summed E-state index contributed by atoms with van der Waals surface area (Å²) in [6, 6.07) is 10.8. The summed E-state index contributed by atoms with van der Waals surface area (Å²) in [5.41, 5.74) is 0.650. The molecule has 8 nitrogen and oxygen atoms in total. The van der Waals surface area contributed by atoms with Crippen molar-refractivity contribution in [1.29, 1.82) is 0 Å². The van der Waals surface area contributed by atoms with Crippen molar-refractivity contribution in [1.82, 2.24) is 15.1 Å². The van der Waals surface area contributed by atoms with Crippen LogP contribution in [0.3, 0.4) is 0 Å². The highest BCUT2D eigenvalue weighted by atomic mass is 19.1. The predicted molar refractivity (Wildman–Crippen MR) is 112 cm³/mol. The SMILES string of the molecule is COc1cc(C(C)NC(=O)c2ccc(=O)n(-c3ccc(F)cc3)n2)cc(OC)c1OC. The van der Waals surface area contributed by atoms with Gasteiger partial charge in [0.2, 0.25) is 5.75 Å². The minimum atomic E-state index is -0.489. The van der Waals surface area contributed by atoms with Gasteiger partial charge in [-0.15, -0.1) is 0 Å². The summed E-state index contributed by atoms with van der Waals surface area (Å²) in [6.45, 7) is 1.79. The third kappa shape index (κ3) is 4.66. The van der Waals surface area contributed by atoms with Crippen molar-refractivity contribution in [2.24, 2.45) is 0 Å². The largest absolute Gasteiger partial charge is 0.493 e. The van der Waals surface area contributed by atoms with Gasteiger partial charge < -0.3 is 19.5 Å². The van der Waals surface area contributed by atoms with Crippen molar-refractivity contribution < 1.29 is 23.4 Å². The van der Waals surface area contributed by atoms with Crippen LogP contribution in [0.4, 0.5) is 4.39 Å². The summed E-state index contributed by atoms with van der Waals surface area (Å²) >= 11 is 0. The summed E-state index contributed by atoms with van der Waals surface area (Å²) in [5, 5.41) is 6.95. The molecule has 162 valence electrons. The van der Waals surface area contributed by atoms with Gasteiger partial charge in [-0.2, -0.15) is 9.78 Å². The van der Waals surface area contributed by atoms with E-state index >= 15 is 0 Å². The van der Waals surface area contributed by atoms with Crippen LogP contribution in [0.25, 0.3) is 5.69 Å². The molecule has 0 aliphatic rings. The van der Waals surface area contributed by atoms with E-state index in [4.69, 9.17) is 14.2 Å². The molecule has 0 aliphatic heterocycles. The van der Waals surface area contributed by atoms with Crippen molar-refractivity contribution in [2.75, 3.05) is 21.3 Å². The second-order valence-electron chi connectivity index (χ2n) is 6.60. The molecule has 3 rings (SSSR count). The van der Waals surface area contributed by atoms with Crippen molar-refractivity contribution in [3.8, 4) is 22.9 Å². The zero-order valence-electron chi connectivity index (χ0n) is 17.5. The second kappa shape index (κ2) is 9.29. The fraction of sp³-hybridized carbons (Fsp3) is 0.227. The molecule has 0 fully saturated rings. The van der Waals surface area contributed by atoms with Crippen LogP contribution in [0.15, 0.2) is 53.3 Å². The number of ether oxygens (including phenoxy) is 3. The number of hydrogen-bond donors (Lipinski definition) is 1. The van der Waals surface area contributed by atoms with Crippen LogP contribution in [0.5, 0.6) is 17.2 Å². The van der Waals surface area contributed by atoms with E-state index in [0.717, 1.165) is 10.2 Å². The van der Waals surface area contributed by atoms with Crippen LogP contribution < -0.4 is 25.1 Å². The van der Waals surface area contributed by atoms with Crippen LogP contribution >= 0.6 is 0 Å². The summed E-state index contributed by atoms with van der Waals surface area (Å²) in [6.07, 6.45) is 0. The molecule has 2 aromatic carbocycles. The van der Waals surface area contributed by atoms with E-state index in [1.165, 1.54) is 57.7 Å². The minimum Gasteiger partial charge on any atom is -0.493 e. The molecule has 31 heavy (non-hydrogen) atoms. The van der Waals surface area contributed by atoms with E-state index in [1.54, 1.807) is 19.1 Å². The lowest BCUT2D eigenvalue weighted by atomic mass is 10.1. The lowest BCUT2D eigenvalue weighted by Gasteiger charge is -2.18. The normalized spacial score (nSPS) is 11.5. The van der Waals surface area contributed by atoms with E-state index in [1.807, 2.05) is 0 Å². The molecule has 0 aliphatic carbocycles. The Kier molecular flexibility index (Phi) is 6.54. The van der Waals surface area contributed by atoms with Crippen molar-refractivity contribution in [2.45, 2.75) is 13.0 Å². The van der Waals surface area contributed by atoms with Gasteiger partial charge in [0.1, 0.15) is 11.5 Å². The fourth-order valence-electron chi connectivity index (χ4n) is 3.00. The molecular formula is C22H22FN3O5. The van der Waals surface area contributed by atoms with E-state index in [-0.39, 0.29) is 5.69 Å². The Hall–Kier alpha value is -3.88. The molecule has 0 spiro atoms. The number of nitrogens with zero attached hydrogens (tertiary/aromatic N) is 2. The molecule has 1 heterocycles. The van der Waals surface area contributed by atoms with Gasteiger partial charge in [-0.25, -0.2) is 4.39 Å². The highest BCUT2D eigenvalue weighted by Gasteiger charge is 2.19. The second-order valence-corrected chi connectivity index (χ2v) is 6.60. The van der Waals surface area contributed by atoms with E-state index in [2.05, 4.69) is 10.4 Å². The number of nitrogens with one attached hydrogen (secondary N) is 1. The average Bonchev–Trinajstić information content (AvgIpc) is 2.78. The average molecular weight is 427 g/mol. The van der Waals surface area contributed by atoms with Gasteiger partial charge in [-0.3, -0.25) is 9.59 Å². The van der Waals surface area contributed by atoms with Crippen LogP contribution in [0, 0.1) is 5.82 Å². The Labute approximate surface area is 178 Å². The number of hydrogen-bond acceptors (Lipinski definition) is 6. The number of methoxy groups -OCH3 is 3. The Morgan fingerprint density at radius 2 is 1.61 bits per heavy atom. The number of benzene rings is 2. The topological polar surface area (TPSA) is 91.7 Å². The summed E-state index contributed by atoms with van der Waals surface area (Å²) in [7, 11) is 4.52. The fourth-order valence-corrected chi connectivity index (χ4v) is 3.00. The lowest BCUT2D eigenvalue weighted by molar-refractivity contribution is 0.0933. The maximum Gasteiger partial charge on any atom is 0.272 e. The predicted octanol–water partition coefficient (Wildman–Crippen LogP) is 2.89. The molecule has 0 bridgehead atoms. The molecule has 3 aromatic rings. The Balaban J connectivity index is 1.87. The van der Waals surface area contributed by atoms with Gasteiger partial charge >= 0.3 is 0 Å². The van der Waals surface area contributed by atoms with Crippen molar-refractivity contribution in [3.63, 3.8) is 0 Å². The van der Waals surface area contributed by atoms with E-state index < -0.39 is 23.3 Å². The first-order valence-corrected chi connectivity index (χ1v) is 9.35. The first-order chi connectivity index (χ1) is 14.9. The van der Waals surface area contributed by atoms with Gasteiger partial charge in [0.25, 0.3) is 11.5 Å². The van der Waals surface area contributed by atoms with Gasteiger partial charge in [-0.05, 0) is 55.0 Å². The van der Waals surface area contributed by atoms with Gasteiger partial charge in [0.05, 0.1) is 33.1 Å². The van der Waals surface area contributed by atoms with E-state index in [9.17, 15) is 14.0 Å². The Bertz CT molecular complexity index is 1120. The van der Waals surface area contributed by atoms with Crippen LogP contribution in [-0.4, -0.2) is 37.0 Å². The van der Waals surface area contributed by atoms with Gasteiger partial charge in [0.15, 0.2) is 11.5 Å². The summed E-state index contributed by atoms with van der Waals surface area (Å²) < 4.78 is 30.2. The van der Waals surface area contributed by atoms with Gasteiger partial charge in [-0.1, -0.05) is 0 Å². The molecular weight excluding hydrogens is 405 g/mol. The zero-order valence-corrected chi connectivity index (χ0v) is 17.5. The van der Waals surface area contributed by atoms with Crippen LogP contribution in [0.2, 0.25) is 0 Å². The third-order valence-corrected chi connectivity index (χ3v) is 4.64. The standard InChI is InChI=1S/C22H22FN3O5/c1-13(14-11-18(29-2)21(31-4)19(12-14)30-3)24-22(28)17-9-10-20(27)26(25-17)16-7-5-15(23)6-8-16/h5-13H,1-4H3,(H,24,28). The number of carbonyl (C=O) groups excluding carboxylic acids is 1. The summed E-state index contributed by atoms with van der Waals surface area (Å²) in [4.78, 5) is 24.9. The molecule has 9 heteroatoms. The molecule has 1 N–H and O–H groups in total. The van der Waals surface area contributed by atoms with Gasteiger partial charge in [0, 0.05) is 6.07 Å². The lowest BCUT2D eigenvalue weighted by Crippen LogP contribution is -2.30. The number of aromatic nitrogens is 2. The summed E-state index contributed by atoms with van der Waals surface area (Å²) in [5.74, 6) is 0.434. The molecule has 1 unspecified atom stereocenters. The number of halogens is 1. The smallest absolute Gasteiger partial charge is 0.272 e. The molecule has 1 amide bonds. The number of rotatable bonds is 7. The van der Waals surface area contributed by atoms with Crippen LogP contribution in [0.1, 0.15) is 29.0 Å². The van der Waals surface area contributed by atoms with E-state index in [0.29, 0.717) is 22.9 Å². The first-order valence-electron chi connectivity index (χ1n) is 9.35. The quantitative estimate of drug-likeness (QED) is 0.624. The number of amides is 1. The highest BCUT2D eigenvalue weighted by Crippen LogP contribution is 2.39. The first kappa shape index (κ1) is 21.8. The third-order valence-electron chi connectivity index (χ3n) is 4.64. The molecule has 0 radical (unpaired) electrons. The van der Waals surface area contributed by atoms with Crippen molar-refractivity contribution in [3.05, 3.63) is 76.0 Å².